The topological polar surface area (TPSA) is 70.7 Å². The summed E-state index contributed by atoms with van der Waals surface area (Å²) in [4.78, 5) is 8.40. The Labute approximate surface area is 130 Å². The van der Waals surface area contributed by atoms with E-state index in [2.05, 4.69) is 39.9 Å². The maximum Gasteiger partial charge on any atom is 0.141 e. The average Bonchev–Trinajstić information content (AvgIpc) is 3.12. The van der Waals surface area contributed by atoms with E-state index in [4.69, 9.17) is 4.74 Å². The van der Waals surface area contributed by atoms with E-state index in [9.17, 15) is 0 Å². The molecule has 3 aromatic rings. The lowest BCUT2D eigenvalue weighted by Crippen LogP contribution is -2.22. The van der Waals surface area contributed by atoms with Crippen LogP contribution in [0.15, 0.2) is 31.0 Å². The Kier molecular flexibility index (Phi) is 4.03. The molecular formula is C14H20N6OSi. The van der Waals surface area contributed by atoms with E-state index < -0.39 is 8.07 Å². The molecule has 22 heavy (non-hydrogen) atoms. The number of pyridine rings is 1. The van der Waals surface area contributed by atoms with E-state index in [1.54, 1.807) is 23.4 Å². The first-order valence-electron chi connectivity index (χ1n) is 7.28. The molecule has 0 aliphatic rings. The molecule has 7 nitrogen and oxygen atoms in total. The Morgan fingerprint density at radius 3 is 2.86 bits per heavy atom. The third kappa shape index (κ3) is 3.39. The first-order valence-corrected chi connectivity index (χ1v) is 11.0. The number of aromatic nitrogens is 6. The number of hydrogen-bond acceptors (Lipinski definition) is 5. The SMILES string of the molecule is C[Si](C)(C)CCOCn1nnc2cnc(-n3ccnc3)cc21. The summed E-state index contributed by atoms with van der Waals surface area (Å²) in [6, 6.07) is 3.08. The zero-order valence-electron chi connectivity index (χ0n) is 13.1. The van der Waals surface area contributed by atoms with Crippen LogP contribution in [-0.4, -0.2) is 44.2 Å². The Hall–Kier alpha value is -2.06. The zero-order chi connectivity index (χ0) is 15.6. The number of nitrogens with zero attached hydrogens (tertiary/aromatic N) is 6. The minimum absolute atomic E-state index is 0.411. The Morgan fingerprint density at radius 1 is 1.27 bits per heavy atom. The number of rotatable bonds is 6. The lowest BCUT2D eigenvalue weighted by atomic mass is 10.4. The second-order valence-electron chi connectivity index (χ2n) is 6.44. The van der Waals surface area contributed by atoms with Crippen molar-refractivity contribution in [3.63, 3.8) is 0 Å². The van der Waals surface area contributed by atoms with Gasteiger partial charge >= 0.3 is 0 Å². The highest BCUT2D eigenvalue weighted by atomic mass is 28.3. The zero-order valence-corrected chi connectivity index (χ0v) is 14.1. The van der Waals surface area contributed by atoms with Crippen molar-refractivity contribution in [2.75, 3.05) is 6.61 Å². The van der Waals surface area contributed by atoms with Crippen molar-refractivity contribution < 1.29 is 4.74 Å². The second-order valence-corrected chi connectivity index (χ2v) is 12.1. The molecule has 8 heteroatoms. The Morgan fingerprint density at radius 2 is 2.14 bits per heavy atom. The van der Waals surface area contributed by atoms with Gasteiger partial charge in [0.25, 0.3) is 0 Å². The molecule has 116 valence electrons. The summed E-state index contributed by atoms with van der Waals surface area (Å²) in [5, 5.41) is 8.26. The van der Waals surface area contributed by atoms with Crippen molar-refractivity contribution >= 4 is 19.1 Å². The minimum atomic E-state index is -1.07. The summed E-state index contributed by atoms with van der Waals surface area (Å²) in [6.45, 7) is 8.18. The lowest BCUT2D eigenvalue weighted by molar-refractivity contribution is 0.0803. The second kappa shape index (κ2) is 5.97. The monoisotopic (exact) mass is 316 g/mol. The normalized spacial score (nSPS) is 12.1. The molecule has 0 N–H and O–H groups in total. The van der Waals surface area contributed by atoms with Crippen molar-refractivity contribution in [2.45, 2.75) is 32.4 Å². The first kappa shape index (κ1) is 14.9. The molecule has 0 aliphatic heterocycles. The van der Waals surface area contributed by atoms with Crippen LogP contribution in [0.2, 0.25) is 25.7 Å². The lowest BCUT2D eigenvalue weighted by Gasteiger charge is -2.15. The first-order chi connectivity index (χ1) is 10.5. The van der Waals surface area contributed by atoms with E-state index in [1.807, 2.05) is 16.8 Å². The van der Waals surface area contributed by atoms with Gasteiger partial charge in [0.2, 0.25) is 0 Å². The van der Waals surface area contributed by atoms with Crippen LogP contribution in [0.25, 0.3) is 16.9 Å². The predicted molar refractivity (Wildman–Crippen MR) is 86.6 cm³/mol. The molecule has 3 rings (SSSR count). The van der Waals surface area contributed by atoms with Gasteiger partial charge in [0.1, 0.15) is 24.4 Å². The molecule has 3 aromatic heterocycles. The van der Waals surface area contributed by atoms with Gasteiger partial charge in [0, 0.05) is 33.1 Å². The van der Waals surface area contributed by atoms with Gasteiger partial charge in [0.15, 0.2) is 0 Å². The number of imidazole rings is 1. The largest absolute Gasteiger partial charge is 0.359 e. The summed E-state index contributed by atoms with van der Waals surface area (Å²) in [5.74, 6) is 0.788. The van der Waals surface area contributed by atoms with Gasteiger partial charge in [0.05, 0.1) is 11.7 Å². The number of hydrogen-bond donors (Lipinski definition) is 0. The molecule has 0 spiro atoms. The van der Waals surface area contributed by atoms with Crippen molar-refractivity contribution in [3.8, 4) is 5.82 Å². The van der Waals surface area contributed by atoms with Gasteiger partial charge in [-0.3, -0.25) is 4.57 Å². The van der Waals surface area contributed by atoms with Gasteiger partial charge in [-0.1, -0.05) is 24.9 Å². The van der Waals surface area contributed by atoms with E-state index in [0.29, 0.717) is 6.73 Å². The van der Waals surface area contributed by atoms with Crippen LogP contribution in [0.1, 0.15) is 0 Å². The predicted octanol–water partition coefficient (Wildman–Crippen LogP) is 2.32. The fraction of sp³-hybridized carbons (Fsp3) is 0.429. The molecule has 0 radical (unpaired) electrons. The third-order valence-electron chi connectivity index (χ3n) is 3.36. The van der Waals surface area contributed by atoms with Crippen LogP contribution in [0.3, 0.4) is 0 Å². The van der Waals surface area contributed by atoms with Crippen molar-refractivity contribution in [1.82, 2.24) is 29.5 Å². The highest BCUT2D eigenvalue weighted by Crippen LogP contribution is 2.14. The summed E-state index contributed by atoms with van der Waals surface area (Å²) < 4.78 is 9.36. The van der Waals surface area contributed by atoms with Crippen LogP contribution >= 0.6 is 0 Å². The summed E-state index contributed by atoms with van der Waals surface area (Å²) in [6.07, 6.45) is 7.01. The Bertz CT molecular complexity index is 746. The van der Waals surface area contributed by atoms with Gasteiger partial charge in [-0.15, -0.1) is 5.10 Å². The average molecular weight is 316 g/mol. The smallest absolute Gasteiger partial charge is 0.141 e. The molecule has 0 fully saturated rings. The highest BCUT2D eigenvalue weighted by molar-refractivity contribution is 6.76. The number of ether oxygens (including phenoxy) is 1. The summed E-state index contributed by atoms with van der Waals surface area (Å²) in [7, 11) is -1.07. The van der Waals surface area contributed by atoms with Crippen LogP contribution in [-0.2, 0) is 11.5 Å². The quantitative estimate of drug-likeness (QED) is 0.515. The van der Waals surface area contributed by atoms with E-state index in [-0.39, 0.29) is 0 Å². The van der Waals surface area contributed by atoms with Crippen molar-refractivity contribution in [1.29, 1.82) is 0 Å². The Balaban J connectivity index is 1.74. The molecule has 0 aliphatic carbocycles. The third-order valence-corrected chi connectivity index (χ3v) is 5.07. The van der Waals surface area contributed by atoms with Gasteiger partial charge in [-0.2, -0.15) is 0 Å². The molecular weight excluding hydrogens is 296 g/mol. The molecule has 0 amide bonds. The van der Waals surface area contributed by atoms with Crippen LogP contribution in [0.4, 0.5) is 0 Å². The fourth-order valence-electron chi connectivity index (χ4n) is 2.02. The van der Waals surface area contributed by atoms with E-state index in [1.165, 1.54) is 0 Å². The molecule has 0 bridgehead atoms. The molecule has 0 saturated carbocycles. The van der Waals surface area contributed by atoms with Gasteiger partial charge in [-0.25, -0.2) is 14.6 Å². The molecule has 0 saturated heterocycles. The minimum Gasteiger partial charge on any atom is -0.359 e. The van der Waals surface area contributed by atoms with Crippen molar-refractivity contribution in [2.24, 2.45) is 0 Å². The van der Waals surface area contributed by atoms with Gasteiger partial charge in [-0.05, 0) is 6.04 Å². The molecule has 0 unspecified atom stereocenters. The summed E-state index contributed by atoms with van der Waals surface area (Å²) >= 11 is 0. The summed E-state index contributed by atoms with van der Waals surface area (Å²) in [5.41, 5.74) is 1.67. The number of fused-ring (bicyclic) bond motifs is 1. The van der Waals surface area contributed by atoms with E-state index in [0.717, 1.165) is 29.5 Å². The fourth-order valence-corrected chi connectivity index (χ4v) is 2.78. The highest BCUT2D eigenvalue weighted by Gasteiger charge is 2.13. The van der Waals surface area contributed by atoms with Crippen molar-refractivity contribution in [3.05, 3.63) is 31.0 Å². The van der Waals surface area contributed by atoms with Gasteiger partial charge < -0.3 is 4.74 Å². The van der Waals surface area contributed by atoms with Crippen LogP contribution in [0.5, 0.6) is 0 Å². The standard InChI is InChI=1S/C14H20N6OSi/c1-22(2,3)7-6-21-11-20-13-8-14(19-5-4-15-10-19)16-9-12(13)17-18-20/h4-5,8-10H,6-7,11H2,1-3H3. The maximum absolute atomic E-state index is 5.75. The molecule has 0 aromatic carbocycles. The molecule has 0 atom stereocenters. The molecule has 3 heterocycles. The van der Waals surface area contributed by atoms with Crippen LogP contribution in [0, 0.1) is 0 Å². The van der Waals surface area contributed by atoms with Crippen LogP contribution < -0.4 is 0 Å². The maximum atomic E-state index is 5.75. The van der Waals surface area contributed by atoms with E-state index >= 15 is 0 Å².